The van der Waals surface area contributed by atoms with E-state index in [0.29, 0.717) is 39.0 Å². The summed E-state index contributed by atoms with van der Waals surface area (Å²) < 4.78 is 46.8. The van der Waals surface area contributed by atoms with Crippen LogP contribution in [0.4, 0.5) is 4.79 Å². The molecule has 2 aliphatic heterocycles. The van der Waals surface area contributed by atoms with Crippen LogP contribution >= 0.6 is 0 Å². The molecule has 236 valence electrons. The number of benzene rings is 2. The van der Waals surface area contributed by atoms with Crippen LogP contribution in [0.5, 0.6) is 5.75 Å². The Bertz CT molecular complexity index is 1350. The van der Waals surface area contributed by atoms with Crippen molar-refractivity contribution in [1.29, 1.82) is 0 Å². The van der Waals surface area contributed by atoms with Crippen LogP contribution in [0.3, 0.4) is 0 Å². The molecule has 12 heteroatoms. The van der Waals surface area contributed by atoms with Crippen LogP contribution in [0, 0.1) is 0 Å². The number of aliphatic hydroxyl groups excluding tert-OH is 1. The maximum Gasteiger partial charge on any atom is 0.410 e. The van der Waals surface area contributed by atoms with Crippen LogP contribution < -0.4 is 10.1 Å². The van der Waals surface area contributed by atoms with E-state index in [1.165, 1.54) is 12.1 Å². The minimum Gasteiger partial charge on any atom is -0.491 e. The quantitative estimate of drug-likeness (QED) is 0.382. The summed E-state index contributed by atoms with van der Waals surface area (Å²) in [7, 11) is -3.44. The maximum atomic E-state index is 13.2. The number of carbonyl (C=O) groups is 2. The van der Waals surface area contributed by atoms with Gasteiger partial charge in [0, 0.05) is 25.4 Å². The predicted molar refractivity (Wildman–Crippen MR) is 158 cm³/mol. The molecule has 43 heavy (non-hydrogen) atoms. The van der Waals surface area contributed by atoms with Gasteiger partial charge < -0.3 is 29.0 Å². The van der Waals surface area contributed by atoms with Gasteiger partial charge in [-0.15, -0.1) is 0 Å². The fourth-order valence-corrected chi connectivity index (χ4v) is 5.89. The molecule has 0 unspecified atom stereocenters. The summed E-state index contributed by atoms with van der Waals surface area (Å²) in [5.74, 6) is -0.382. The number of nitrogens with one attached hydrogen (secondary N) is 1. The first-order chi connectivity index (χ1) is 20.2. The van der Waals surface area contributed by atoms with Gasteiger partial charge in [-0.3, -0.25) is 10.1 Å². The number of amides is 1. The van der Waals surface area contributed by atoms with Gasteiger partial charge in [0.05, 0.1) is 17.1 Å². The number of rotatable bonds is 10. The van der Waals surface area contributed by atoms with E-state index in [2.05, 4.69) is 5.32 Å². The number of esters is 1. The third-order valence-corrected chi connectivity index (χ3v) is 8.57. The molecule has 2 saturated heterocycles. The van der Waals surface area contributed by atoms with E-state index >= 15 is 0 Å². The Morgan fingerprint density at radius 2 is 1.81 bits per heavy atom. The number of hydrogen-bond donors (Lipinski definition) is 2. The Morgan fingerprint density at radius 1 is 1.12 bits per heavy atom. The third-order valence-electron chi connectivity index (χ3n) is 7.46. The summed E-state index contributed by atoms with van der Waals surface area (Å²) >= 11 is 0. The highest BCUT2D eigenvalue weighted by atomic mass is 32.2. The van der Waals surface area contributed by atoms with Crippen LogP contribution in [0.1, 0.15) is 45.6 Å². The SMILES string of the molecule is CC(C)(C)OC(=O)[C@H](N[C@H]1COC2(CCN(C(=O)OCc3ccccc3)CC2)C1)[C@H](O)COc1cccc(S(C)(=O)=O)c1. The predicted octanol–water partition coefficient (Wildman–Crippen LogP) is 3.09. The van der Waals surface area contributed by atoms with Gasteiger partial charge in [-0.25, -0.2) is 13.2 Å². The molecule has 2 N–H and O–H groups in total. The molecule has 0 saturated carbocycles. The number of carbonyl (C=O) groups excluding carboxylic acids is 2. The molecule has 3 atom stereocenters. The lowest BCUT2D eigenvalue weighted by Crippen LogP contribution is -2.54. The van der Waals surface area contributed by atoms with Crippen molar-refractivity contribution in [2.24, 2.45) is 0 Å². The van der Waals surface area contributed by atoms with Gasteiger partial charge in [0.25, 0.3) is 0 Å². The van der Waals surface area contributed by atoms with Crippen LogP contribution in [0.15, 0.2) is 59.5 Å². The molecule has 2 aromatic carbocycles. The maximum absolute atomic E-state index is 13.2. The second kappa shape index (κ2) is 13.6. The van der Waals surface area contributed by atoms with Crippen LogP contribution in [-0.4, -0.2) is 92.4 Å². The lowest BCUT2D eigenvalue weighted by molar-refractivity contribution is -0.161. The molecule has 0 bridgehead atoms. The smallest absolute Gasteiger partial charge is 0.410 e. The molecular weight excluding hydrogens is 576 g/mol. The number of aliphatic hydroxyl groups is 1. The van der Waals surface area contributed by atoms with Crippen molar-refractivity contribution in [2.45, 2.75) is 80.9 Å². The molecule has 2 fully saturated rings. The lowest BCUT2D eigenvalue weighted by Gasteiger charge is -2.38. The van der Waals surface area contributed by atoms with Crippen molar-refractivity contribution >= 4 is 21.9 Å². The van der Waals surface area contributed by atoms with Gasteiger partial charge >= 0.3 is 12.1 Å². The molecule has 2 heterocycles. The van der Waals surface area contributed by atoms with E-state index in [-0.39, 0.29) is 36.0 Å². The van der Waals surface area contributed by atoms with E-state index in [1.54, 1.807) is 37.8 Å². The van der Waals surface area contributed by atoms with E-state index < -0.39 is 39.2 Å². The zero-order valence-corrected chi connectivity index (χ0v) is 26.0. The first-order valence-electron chi connectivity index (χ1n) is 14.4. The number of ether oxygens (including phenoxy) is 4. The highest BCUT2D eigenvalue weighted by molar-refractivity contribution is 7.90. The summed E-state index contributed by atoms with van der Waals surface area (Å²) in [6, 6.07) is 14.1. The molecular formula is C31H42N2O9S. The van der Waals surface area contributed by atoms with Gasteiger partial charge in [0.15, 0.2) is 9.84 Å². The summed E-state index contributed by atoms with van der Waals surface area (Å²) in [6.45, 7) is 6.46. The molecule has 0 radical (unpaired) electrons. The fraction of sp³-hybridized carbons (Fsp3) is 0.548. The lowest BCUT2D eigenvalue weighted by atomic mass is 9.87. The molecule has 2 aromatic rings. The molecule has 0 aliphatic carbocycles. The van der Waals surface area contributed by atoms with Crippen molar-refractivity contribution in [3.05, 3.63) is 60.2 Å². The number of sulfone groups is 1. The number of hydrogen-bond acceptors (Lipinski definition) is 10. The van der Waals surface area contributed by atoms with E-state index in [1.807, 2.05) is 30.3 Å². The van der Waals surface area contributed by atoms with Gasteiger partial charge in [-0.1, -0.05) is 36.4 Å². The Morgan fingerprint density at radius 3 is 2.47 bits per heavy atom. The van der Waals surface area contributed by atoms with Crippen molar-refractivity contribution in [3.63, 3.8) is 0 Å². The number of nitrogens with zero attached hydrogens (tertiary/aromatic N) is 1. The minimum atomic E-state index is -3.44. The summed E-state index contributed by atoms with van der Waals surface area (Å²) in [4.78, 5) is 27.5. The largest absolute Gasteiger partial charge is 0.491 e. The molecule has 4 rings (SSSR count). The minimum absolute atomic E-state index is 0.0882. The summed E-state index contributed by atoms with van der Waals surface area (Å²) in [5.41, 5.74) is -0.316. The molecule has 0 aromatic heterocycles. The molecule has 11 nitrogen and oxygen atoms in total. The molecule has 1 amide bonds. The van der Waals surface area contributed by atoms with Gasteiger partial charge in [0.1, 0.15) is 36.7 Å². The Kier molecular flexibility index (Phi) is 10.4. The first kappa shape index (κ1) is 32.7. The second-order valence-electron chi connectivity index (χ2n) is 12.2. The fourth-order valence-electron chi connectivity index (χ4n) is 5.24. The molecule has 2 aliphatic rings. The highest BCUT2D eigenvalue weighted by Crippen LogP contribution is 2.36. The topological polar surface area (TPSA) is 141 Å². The first-order valence-corrected chi connectivity index (χ1v) is 16.3. The second-order valence-corrected chi connectivity index (χ2v) is 14.2. The van der Waals surface area contributed by atoms with Crippen LogP contribution in [0.2, 0.25) is 0 Å². The Hall–Kier alpha value is -3.19. The third kappa shape index (κ3) is 9.40. The highest BCUT2D eigenvalue weighted by Gasteiger charge is 2.45. The Balaban J connectivity index is 1.33. The van der Waals surface area contributed by atoms with Crippen molar-refractivity contribution in [3.8, 4) is 5.75 Å². The van der Waals surface area contributed by atoms with Gasteiger partial charge in [-0.2, -0.15) is 0 Å². The van der Waals surface area contributed by atoms with Crippen molar-refractivity contribution in [1.82, 2.24) is 10.2 Å². The summed E-state index contributed by atoms with van der Waals surface area (Å²) in [5, 5.41) is 14.3. The van der Waals surface area contributed by atoms with Crippen LogP contribution in [0.25, 0.3) is 0 Å². The van der Waals surface area contributed by atoms with E-state index in [4.69, 9.17) is 18.9 Å². The number of piperidine rings is 1. The zero-order valence-electron chi connectivity index (χ0n) is 25.2. The number of likely N-dealkylation sites (tertiary alicyclic amines) is 1. The van der Waals surface area contributed by atoms with Crippen molar-refractivity contribution < 1.29 is 42.1 Å². The normalized spacial score (nSPS) is 19.9. The van der Waals surface area contributed by atoms with Crippen molar-refractivity contribution in [2.75, 3.05) is 32.6 Å². The monoisotopic (exact) mass is 618 g/mol. The summed E-state index contributed by atoms with van der Waals surface area (Å²) in [6.07, 6.45) is 1.26. The molecule has 1 spiro atoms. The average Bonchev–Trinajstić information content (AvgIpc) is 3.34. The zero-order chi connectivity index (χ0) is 31.3. The standard InChI is InChI=1S/C31H42N2O9S/c1-30(2,3)42-28(35)27(26(34)21-39-24-11-8-12-25(17-24)43(4,37)38)32-23-18-31(41-20-23)13-15-33(16-14-31)29(36)40-19-22-9-6-5-7-10-22/h5-12,17,23,26-27,32,34H,13-16,18-21H2,1-4H3/t23-,26-,27-/m1/s1. The van der Waals surface area contributed by atoms with Gasteiger partial charge in [0.2, 0.25) is 0 Å². The average molecular weight is 619 g/mol. The van der Waals surface area contributed by atoms with E-state index in [0.717, 1.165) is 11.8 Å². The Labute approximate surface area is 253 Å². The van der Waals surface area contributed by atoms with E-state index in [9.17, 15) is 23.1 Å². The van der Waals surface area contributed by atoms with Gasteiger partial charge in [-0.05, 0) is 63.8 Å². The van der Waals surface area contributed by atoms with Crippen LogP contribution in [-0.2, 0) is 35.4 Å².